The highest BCUT2D eigenvalue weighted by atomic mass is 16.2. The SMILES string of the molecule is O=C1CC[C@@H](n2c(=O)c3cc4c(=O)n([C@@H]5CCC(=O)NC5=O)c(=O)c4cc3c2=O)C(=O)N1. The van der Waals surface area contributed by atoms with Crippen molar-refractivity contribution in [1.29, 1.82) is 0 Å². The molecule has 5 rings (SSSR count). The van der Waals surface area contributed by atoms with Crippen LogP contribution in [0.5, 0.6) is 0 Å². The van der Waals surface area contributed by atoms with Gasteiger partial charge in [-0.05, 0) is 25.0 Å². The van der Waals surface area contributed by atoms with Crippen LogP contribution >= 0.6 is 0 Å². The zero-order chi connectivity index (χ0) is 22.9. The van der Waals surface area contributed by atoms with Crippen molar-refractivity contribution >= 4 is 45.2 Å². The number of rotatable bonds is 2. The maximum absolute atomic E-state index is 12.9. The number of nitrogens with zero attached hydrogens (tertiary/aromatic N) is 2. The molecule has 12 nitrogen and oxygen atoms in total. The van der Waals surface area contributed by atoms with Crippen molar-refractivity contribution in [1.82, 2.24) is 19.8 Å². The van der Waals surface area contributed by atoms with Gasteiger partial charge in [0.15, 0.2) is 0 Å². The van der Waals surface area contributed by atoms with Gasteiger partial charge in [0.05, 0.1) is 21.5 Å². The van der Waals surface area contributed by atoms with Gasteiger partial charge in [0, 0.05) is 12.8 Å². The molecule has 1 aromatic carbocycles. The molecule has 0 spiro atoms. The number of carbonyl (C=O) groups is 4. The number of aromatic nitrogens is 2. The van der Waals surface area contributed by atoms with Crippen LogP contribution in [0.3, 0.4) is 0 Å². The fourth-order valence-electron chi connectivity index (χ4n) is 4.43. The topological polar surface area (TPSA) is 170 Å². The summed E-state index contributed by atoms with van der Waals surface area (Å²) in [6.07, 6.45) is -0.148. The largest absolute Gasteiger partial charge is 0.295 e. The van der Waals surface area contributed by atoms with Gasteiger partial charge in [-0.3, -0.25) is 58.1 Å². The van der Waals surface area contributed by atoms with Gasteiger partial charge in [-0.25, -0.2) is 0 Å². The third-order valence-electron chi connectivity index (χ3n) is 6.00. The molecule has 2 atom stereocenters. The van der Waals surface area contributed by atoms with E-state index in [4.69, 9.17) is 0 Å². The molecule has 4 amide bonds. The second-order valence-electron chi connectivity index (χ2n) is 7.84. The molecule has 0 saturated carbocycles. The van der Waals surface area contributed by atoms with E-state index in [1.54, 1.807) is 0 Å². The molecule has 32 heavy (non-hydrogen) atoms. The number of piperidine rings is 2. The number of nitrogens with one attached hydrogen (secondary N) is 2. The highest BCUT2D eigenvalue weighted by Crippen LogP contribution is 2.22. The number of carbonyl (C=O) groups excluding carboxylic acids is 4. The summed E-state index contributed by atoms with van der Waals surface area (Å²) in [5.41, 5.74) is -3.27. The Morgan fingerprint density at radius 1 is 0.562 bits per heavy atom. The van der Waals surface area contributed by atoms with Crippen LogP contribution < -0.4 is 32.9 Å². The number of hydrogen-bond donors (Lipinski definition) is 2. The minimum absolute atomic E-state index is 0.0308. The Bertz CT molecular complexity index is 1410. The van der Waals surface area contributed by atoms with Gasteiger partial charge in [0.1, 0.15) is 12.1 Å². The van der Waals surface area contributed by atoms with E-state index in [-0.39, 0.29) is 47.2 Å². The third kappa shape index (κ3) is 2.62. The average Bonchev–Trinajstić information content (AvgIpc) is 3.12. The molecule has 2 aromatic heterocycles. The summed E-state index contributed by atoms with van der Waals surface area (Å²) >= 11 is 0. The van der Waals surface area contributed by atoms with Gasteiger partial charge in [-0.2, -0.15) is 0 Å². The normalized spacial score (nSPS) is 21.9. The first-order valence-corrected chi connectivity index (χ1v) is 9.80. The molecule has 4 heterocycles. The van der Waals surface area contributed by atoms with E-state index in [1.807, 2.05) is 0 Å². The Morgan fingerprint density at radius 2 is 0.875 bits per heavy atom. The average molecular weight is 438 g/mol. The smallest absolute Gasteiger partial charge is 0.262 e. The molecule has 2 fully saturated rings. The van der Waals surface area contributed by atoms with Crippen molar-refractivity contribution in [3.05, 3.63) is 53.5 Å². The lowest BCUT2D eigenvalue weighted by atomic mass is 10.1. The predicted molar refractivity (Wildman–Crippen MR) is 108 cm³/mol. The minimum Gasteiger partial charge on any atom is -0.295 e. The summed E-state index contributed by atoms with van der Waals surface area (Å²) in [5, 5.41) is 3.57. The molecule has 12 heteroatoms. The lowest BCUT2D eigenvalue weighted by Crippen LogP contribution is -2.46. The number of amides is 4. The lowest BCUT2D eigenvalue weighted by molar-refractivity contribution is -0.137. The quantitative estimate of drug-likeness (QED) is 0.427. The van der Waals surface area contributed by atoms with Crippen LogP contribution in [0.4, 0.5) is 0 Å². The Kier molecular flexibility index (Phi) is 4.09. The summed E-state index contributed by atoms with van der Waals surface area (Å²) in [5.74, 6) is -2.57. The van der Waals surface area contributed by atoms with Gasteiger partial charge in [-0.1, -0.05) is 0 Å². The van der Waals surface area contributed by atoms with Gasteiger partial charge in [-0.15, -0.1) is 0 Å². The van der Waals surface area contributed by atoms with E-state index in [2.05, 4.69) is 10.6 Å². The molecular formula is C20H14N4O8. The van der Waals surface area contributed by atoms with Gasteiger partial charge in [0.25, 0.3) is 22.2 Å². The van der Waals surface area contributed by atoms with Crippen LogP contribution in [-0.2, 0) is 19.2 Å². The van der Waals surface area contributed by atoms with Gasteiger partial charge < -0.3 is 0 Å². The molecule has 2 aliphatic rings. The summed E-state index contributed by atoms with van der Waals surface area (Å²) in [4.78, 5) is 98.8. The monoisotopic (exact) mass is 438 g/mol. The van der Waals surface area contributed by atoms with Crippen molar-refractivity contribution in [3.63, 3.8) is 0 Å². The van der Waals surface area contributed by atoms with Gasteiger partial charge in [0.2, 0.25) is 23.6 Å². The van der Waals surface area contributed by atoms with Crippen LogP contribution in [0.2, 0.25) is 0 Å². The molecule has 0 radical (unpaired) electrons. The standard InChI is InChI=1S/C20H14N4O8/c25-13-3-1-11(15(27)21-13)23-17(29)7-5-9-10(6-8(7)18(23)30)20(32)24(19(9)31)12-2-4-14(26)22-16(12)28/h5-6,11-12H,1-4H2,(H,21,25,27)(H,22,26,28)/t11-,12-/m1/s1. The molecule has 3 aromatic rings. The molecule has 0 unspecified atom stereocenters. The summed E-state index contributed by atoms with van der Waals surface area (Å²) < 4.78 is 1.46. The molecule has 0 aliphatic carbocycles. The first-order valence-electron chi connectivity index (χ1n) is 9.80. The summed E-state index contributed by atoms with van der Waals surface area (Å²) in [7, 11) is 0. The third-order valence-corrected chi connectivity index (χ3v) is 6.00. The number of fused-ring (bicyclic) bond motifs is 2. The molecule has 2 aliphatic heterocycles. The Morgan fingerprint density at radius 3 is 1.16 bits per heavy atom. The van der Waals surface area contributed by atoms with E-state index < -0.39 is 57.9 Å². The Hall–Kier alpha value is -4.22. The van der Waals surface area contributed by atoms with Crippen molar-refractivity contribution in [2.45, 2.75) is 37.8 Å². The highest BCUT2D eigenvalue weighted by Gasteiger charge is 2.34. The first-order chi connectivity index (χ1) is 15.2. The Balaban J connectivity index is 1.71. The van der Waals surface area contributed by atoms with Crippen molar-refractivity contribution in [3.8, 4) is 0 Å². The van der Waals surface area contributed by atoms with E-state index in [0.717, 1.165) is 21.3 Å². The lowest BCUT2D eigenvalue weighted by Gasteiger charge is -2.20. The second-order valence-corrected chi connectivity index (χ2v) is 7.84. The first kappa shape index (κ1) is 19.7. The summed E-state index contributed by atoms with van der Waals surface area (Å²) in [6.45, 7) is 0. The molecule has 0 bridgehead atoms. The molecule has 2 N–H and O–H groups in total. The second kappa shape index (κ2) is 6.64. The predicted octanol–water partition coefficient (Wildman–Crippen LogP) is -2.13. The fourth-order valence-corrected chi connectivity index (χ4v) is 4.43. The maximum atomic E-state index is 12.9. The molecular weight excluding hydrogens is 424 g/mol. The maximum Gasteiger partial charge on any atom is 0.262 e. The van der Waals surface area contributed by atoms with Crippen molar-refractivity contribution < 1.29 is 19.2 Å². The fraction of sp³-hybridized carbons (Fsp3) is 0.300. The van der Waals surface area contributed by atoms with Crippen molar-refractivity contribution in [2.75, 3.05) is 0 Å². The van der Waals surface area contributed by atoms with Crippen LogP contribution in [0.1, 0.15) is 37.8 Å². The minimum atomic E-state index is -1.18. The molecule has 2 saturated heterocycles. The van der Waals surface area contributed by atoms with E-state index >= 15 is 0 Å². The number of hydrogen-bond acceptors (Lipinski definition) is 8. The van der Waals surface area contributed by atoms with E-state index in [9.17, 15) is 38.4 Å². The zero-order valence-corrected chi connectivity index (χ0v) is 16.3. The summed E-state index contributed by atoms with van der Waals surface area (Å²) in [6, 6.07) is -0.131. The van der Waals surface area contributed by atoms with E-state index in [0.29, 0.717) is 0 Å². The van der Waals surface area contributed by atoms with Crippen LogP contribution in [-0.4, -0.2) is 32.8 Å². The Labute approximate surface area is 176 Å². The van der Waals surface area contributed by atoms with Gasteiger partial charge >= 0.3 is 0 Å². The number of benzene rings is 1. The van der Waals surface area contributed by atoms with Crippen LogP contribution in [0.25, 0.3) is 21.5 Å². The van der Waals surface area contributed by atoms with E-state index in [1.165, 1.54) is 0 Å². The highest BCUT2D eigenvalue weighted by molar-refractivity contribution is 6.02. The number of imide groups is 2. The van der Waals surface area contributed by atoms with Crippen LogP contribution in [0, 0.1) is 0 Å². The van der Waals surface area contributed by atoms with Crippen molar-refractivity contribution in [2.24, 2.45) is 0 Å². The van der Waals surface area contributed by atoms with Crippen LogP contribution in [0.15, 0.2) is 31.3 Å². The zero-order valence-electron chi connectivity index (χ0n) is 16.3. The molecule has 162 valence electrons.